The molecule has 0 radical (unpaired) electrons. The number of amides is 1. The first kappa shape index (κ1) is 25.5. The zero-order valence-corrected chi connectivity index (χ0v) is 22.1. The molecule has 2 aromatic carbocycles. The minimum absolute atomic E-state index is 0.0532. The Balaban J connectivity index is 1.44. The van der Waals surface area contributed by atoms with Crippen molar-refractivity contribution in [2.24, 2.45) is 7.05 Å². The number of fused-ring (bicyclic) bond motifs is 1. The van der Waals surface area contributed by atoms with Crippen LogP contribution in [0.25, 0.3) is 38.7 Å². The van der Waals surface area contributed by atoms with Gasteiger partial charge in [0, 0.05) is 52.8 Å². The maximum atomic E-state index is 13.8. The third-order valence-electron chi connectivity index (χ3n) is 6.35. The van der Waals surface area contributed by atoms with Crippen LogP contribution in [-0.2, 0) is 13.2 Å². The van der Waals surface area contributed by atoms with Gasteiger partial charge in [0.15, 0.2) is 0 Å². The molecule has 1 N–H and O–H groups in total. The van der Waals surface area contributed by atoms with Crippen LogP contribution in [0.2, 0.25) is 0 Å². The number of hydrogen-bond donors (Lipinski definition) is 1. The van der Waals surface area contributed by atoms with Crippen molar-refractivity contribution in [3.8, 4) is 33.1 Å². The van der Waals surface area contributed by atoms with Crippen LogP contribution in [0, 0.1) is 6.92 Å². The number of imidazole rings is 1. The normalized spacial score (nSPS) is 11.7. The van der Waals surface area contributed by atoms with Crippen LogP contribution >= 0.6 is 11.3 Å². The summed E-state index contributed by atoms with van der Waals surface area (Å²) in [6, 6.07) is 17.9. The summed E-state index contributed by atoms with van der Waals surface area (Å²) in [4.78, 5) is 22.9. The van der Waals surface area contributed by atoms with E-state index in [1.54, 1.807) is 23.8 Å². The maximum Gasteiger partial charge on any atom is 0.417 e. The minimum Gasteiger partial charge on any atom is -0.306 e. The fourth-order valence-corrected chi connectivity index (χ4v) is 5.26. The molecule has 0 aliphatic carbocycles. The maximum absolute atomic E-state index is 13.8. The Labute approximate surface area is 230 Å². The number of nitrogens with zero attached hydrogens (tertiary/aromatic N) is 5. The van der Waals surface area contributed by atoms with Crippen LogP contribution in [0.3, 0.4) is 0 Å². The van der Waals surface area contributed by atoms with Crippen LogP contribution in [0.1, 0.15) is 21.6 Å². The van der Waals surface area contributed by atoms with Crippen molar-refractivity contribution in [1.82, 2.24) is 24.1 Å². The summed E-state index contributed by atoms with van der Waals surface area (Å²) in [6.07, 6.45) is -1.27. The fourth-order valence-electron chi connectivity index (χ4n) is 4.46. The summed E-state index contributed by atoms with van der Waals surface area (Å²) in [5.74, 6) is -0.183. The summed E-state index contributed by atoms with van der Waals surface area (Å²) in [5.41, 5.74) is 2.82. The molecule has 0 spiro atoms. The lowest BCUT2D eigenvalue weighted by atomic mass is 10.0. The average molecular weight is 559 g/mol. The Hall–Kier alpha value is -4.77. The molecule has 1 amide bonds. The van der Waals surface area contributed by atoms with E-state index >= 15 is 0 Å². The molecule has 4 aromatic heterocycles. The number of rotatable bonds is 5. The second-order valence-electron chi connectivity index (χ2n) is 9.20. The van der Waals surface area contributed by atoms with Crippen molar-refractivity contribution >= 4 is 28.7 Å². The number of anilines is 1. The largest absolute Gasteiger partial charge is 0.417 e. The summed E-state index contributed by atoms with van der Waals surface area (Å²) < 4.78 is 44.6. The molecule has 0 atom stereocenters. The molecule has 4 heterocycles. The van der Waals surface area contributed by atoms with Crippen LogP contribution in [0.15, 0.2) is 84.5 Å². The zero-order chi connectivity index (χ0) is 28.0. The lowest BCUT2D eigenvalue weighted by Crippen LogP contribution is -2.15. The number of benzene rings is 2. The highest BCUT2D eigenvalue weighted by Gasteiger charge is 2.34. The molecule has 0 saturated carbocycles. The molecule has 0 saturated heterocycles. The Bertz CT molecular complexity index is 1870. The van der Waals surface area contributed by atoms with E-state index in [-0.39, 0.29) is 16.8 Å². The van der Waals surface area contributed by atoms with Gasteiger partial charge in [-0.15, -0.1) is 11.3 Å². The van der Waals surface area contributed by atoms with Gasteiger partial charge in [-0.1, -0.05) is 30.3 Å². The molecule has 200 valence electrons. The van der Waals surface area contributed by atoms with Crippen molar-refractivity contribution in [3.63, 3.8) is 0 Å². The number of aryl methyl sites for hydroxylation is 2. The van der Waals surface area contributed by atoms with Gasteiger partial charge < -0.3 is 5.32 Å². The summed E-state index contributed by atoms with van der Waals surface area (Å²) in [7, 11) is 1.62. The SMILES string of the molecule is Cc1csc(-c2ccn3c(NC(=O)c4ccc(C(F)(F)F)c(-c5ccn(C)n5)c4)c(-c4ccccc4)nc3c2)n1. The van der Waals surface area contributed by atoms with Crippen molar-refractivity contribution in [3.05, 3.63) is 101 Å². The average Bonchev–Trinajstić information content (AvgIpc) is 3.66. The molecule has 0 aliphatic heterocycles. The van der Waals surface area contributed by atoms with Gasteiger partial charge in [-0.25, -0.2) is 9.97 Å². The second kappa shape index (κ2) is 9.76. The lowest BCUT2D eigenvalue weighted by molar-refractivity contribution is -0.137. The van der Waals surface area contributed by atoms with Gasteiger partial charge in [-0.2, -0.15) is 18.3 Å². The molecule has 6 rings (SSSR count). The van der Waals surface area contributed by atoms with Gasteiger partial charge in [-0.05, 0) is 43.3 Å². The van der Waals surface area contributed by atoms with E-state index in [0.29, 0.717) is 17.2 Å². The quantitative estimate of drug-likeness (QED) is 0.245. The van der Waals surface area contributed by atoms with E-state index in [4.69, 9.17) is 4.98 Å². The van der Waals surface area contributed by atoms with E-state index in [0.717, 1.165) is 27.9 Å². The predicted octanol–water partition coefficient (Wildman–Crippen LogP) is 7.10. The van der Waals surface area contributed by atoms with Gasteiger partial charge >= 0.3 is 6.18 Å². The lowest BCUT2D eigenvalue weighted by Gasteiger charge is -2.14. The van der Waals surface area contributed by atoms with Crippen molar-refractivity contribution in [2.45, 2.75) is 13.1 Å². The number of aromatic nitrogens is 5. The number of thiazole rings is 1. The van der Waals surface area contributed by atoms with Crippen molar-refractivity contribution < 1.29 is 18.0 Å². The molecular formula is C29H21F3N6OS. The number of nitrogens with one attached hydrogen (secondary N) is 1. The molecule has 6 aromatic rings. The van der Waals surface area contributed by atoms with Crippen LogP contribution in [-0.4, -0.2) is 30.1 Å². The number of alkyl halides is 3. The van der Waals surface area contributed by atoms with E-state index in [9.17, 15) is 18.0 Å². The summed E-state index contributed by atoms with van der Waals surface area (Å²) in [5, 5.41) is 9.84. The molecular weight excluding hydrogens is 537 g/mol. The smallest absolute Gasteiger partial charge is 0.306 e. The highest BCUT2D eigenvalue weighted by Crippen LogP contribution is 2.38. The minimum atomic E-state index is -4.61. The Morgan fingerprint density at radius 2 is 1.75 bits per heavy atom. The Morgan fingerprint density at radius 1 is 0.950 bits per heavy atom. The molecule has 0 aliphatic rings. The molecule has 7 nitrogen and oxygen atoms in total. The number of carbonyl (C=O) groups is 1. The molecule has 11 heteroatoms. The number of carbonyl (C=O) groups excluding carboxylic acids is 1. The monoisotopic (exact) mass is 558 g/mol. The fraction of sp³-hybridized carbons (Fsp3) is 0.103. The highest BCUT2D eigenvalue weighted by atomic mass is 32.1. The Kier molecular flexibility index (Phi) is 6.22. The zero-order valence-electron chi connectivity index (χ0n) is 21.3. The standard InChI is InChI=1S/C29H21F3N6OS/c1-17-16-40-28(33-17)20-10-13-38-24(15-20)34-25(18-6-4-3-5-7-18)26(38)35-27(39)19-8-9-22(29(30,31)32)21(14-19)23-11-12-37(2)36-23/h3-16H,1-2H3,(H,35,39). The van der Waals surface area contributed by atoms with Gasteiger partial charge in [0.05, 0.1) is 11.3 Å². The second-order valence-corrected chi connectivity index (χ2v) is 10.1. The topological polar surface area (TPSA) is 77.1 Å². The van der Waals surface area contributed by atoms with E-state index in [1.165, 1.54) is 34.2 Å². The third-order valence-corrected chi connectivity index (χ3v) is 7.36. The molecule has 40 heavy (non-hydrogen) atoms. The van der Waals surface area contributed by atoms with Gasteiger partial charge in [0.25, 0.3) is 5.91 Å². The number of pyridine rings is 1. The van der Waals surface area contributed by atoms with Crippen molar-refractivity contribution in [1.29, 1.82) is 0 Å². The number of hydrogen-bond acceptors (Lipinski definition) is 5. The molecule has 0 unspecified atom stereocenters. The first-order valence-electron chi connectivity index (χ1n) is 12.2. The van der Waals surface area contributed by atoms with E-state index in [2.05, 4.69) is 15.4 Å². The van der Waals surface area contributed by atoms with Crippen molar-refractivity contribution in [2.75, 3.05) is 5.32 Å². The molecule has 0 bridgehead atoms. The van der Waals surface area contributed by atoms with Gasteiger partial charge in [-0.3, -0.25) is 13.9 Å². The van der Waals surface area contributed by atoms with Crippen LogP contribution in [0.4, 0.5) is 19.0 Å². The Morgan fingerprint density at radius 3 is 2.42 bits per heavy atom. The third kappa shape index (κ3) is 4.75. The number of halogens is 3. The van der Waals surface area contributed by atoms with Gasteiger partial charge in [0.2, 0.25) is 0 Å². The predicted molar refractivity (Wildman–Crippen MR) is 148 cm³/mol. The van der Waals surface area contributed by atoms with E-state index < -0.39 is 17.6 Å². The first-order chi connectivity index (χ1) is 19.2. The van der Waals surface area contributed by atoms with Gasteiger partial charge in [0.1, 0.15) is 22.2 Å². The first-order valence-corrected chi connectivity index (χ1v) is 13.1. The highest BCUT2D eigenvalue weighted by molar-refractivity contribution is 7.13. The van der Waals surface area contributed by atoms with Crippen LogP contribution < -0.4 is 5.32 Å². The summed E-state index contributed by atoms with van der Waals surface area (Å²) >= 11 is 1.53. The summed E-state index contributed by atoms with van der Waals surface area (Å²) in [6.45, 7) is 1.93. The van der Waals surface area contributed by atoms with E-state index in [1.807, 2.05) is 54.8 Å². The van der Waals surface area contributed by atoms with Crippen LogP contribution in [0.5, 0.6) is 0 Å². The molecule has 0 fully saturated rings.